The Morgan fingerprint density at radius 3 is 0.122 bits per heavy atom. The average Bonchev–Trinajstić information content (AvgIpc) is 2.61. The zero-order chi connectivity index (χ0) is 42.9. The van der Waals surface area contributed by atoms with Crippen molar-refractivity contribution in [2.45, 2.75) is 0 Å². The second-order valence-electron chi connectivity index (χ2n) is 4.16. The third-order valence-electron chi connectivity index (χ3n) is 0. The molecule has 0 atom stereocenters. The van der Waals surface area contributed by atoms with Gasteiger partial charge in [-0.2, -0.15) is 0 Å². The van der Waals surface area contributed by atoms with Crippen LogP contribution in [0.3, 0.4) is 0 Å². The molecule has 0 aliphatic heterocycles. The van der Waals surface area contributed by atoms with Crippen molar-refractivity contribution >= 4 is 87.9 Å². The van der Waals surface area contributed by atoms with Gasteiger partial charge in [-0.3, -0.25) is 0 Å². The first kappa shape index (κ1) is 87.7. The first-order valence-electron chi connectivity index (χ1n) is 9.30. The van der Waals surface area contributed by atoms with Gasteiger partial charge in [-0.15, -0.1) is 0 Å². The van der Waals surface area contributed by atoms with Crippen LogP contribution in [0.25, 0.3) is 0 Å². The summed E-state index contributed by atoms with van der Waals surface area (Å²) in [5.41, 5.74) is 0. The SMILES string of the molecule is OB(O)O.OB(O)O.OB(O)O.OB(O)O.OB(O)O.OB(O)O.OB(O)O.OB(O)O.OB(O)O.OB(O)O.OB(O)O.OB(O)O.[H-].[K+]. The van der Waals surface area contributed by atoms with E-state index < -0.39 is 87.9 Å². The van der Waals surface area contributed by atoms with Crippen LogP contribution in [0, 0.1) is 0 Å². The van der Waals surface area contributed by atoms with E-state index in [4.69, 9.17) is 181 Å². The van der Waals surface area contributed by atoms with Gasteiger partial charge in [0.1, 0.15) is 0 Å². The van der Waals surface area contributed by atoms with E-state index in [0.717, 1.165) is 0 Å². The van der Waals surface area contributed by atoms with Crippen LogP contribution in [0.5, 0.6) is 0 Å². The molecule has 0 aliphatic rings. The van der Waals surface area contributed by atoms with Crippen molar-refractivity contribution in [2.24, 2.45) is 0 Å². The van der Waals surface area contributed by atoms with Crippen LogP contribution in [-0.4, -0.2) is 269 Å². The summed E-state index contributed by atoms with van der Waals surface area (Å²) in [6.45, 7) is 0. The van der Waals surface area contributed by atoms with Gasteiger partial charge in [-0.25, -0.2) is 0 Å². The maximum absolute atomic E-state index is 7.17. The molecule has 0 unspecified atom stereocenters. The van der Waals surface area contributed by atoms with Crippen molar-refractivity contribution in [2.75, 3.05) is 0 Å². The molecule has 0 fully saturated rings. The van der Waals surface area contributed by atoms with Crippen LogP contribution in [0.4, 0.5) is 0 Å². The van der Waals surface area contributed by atoms with Gasteiger partial charge in [0.25, 0.3) is 0 Å². The van der Waals surface area contributed by atoms with Gasteiger partial charge in [-0.05, 0) is 0 Å². The molecule has 0 heterocycles. The van der Waals surface area contributed by atoms with E-state index in [2.05, 4.69) is 0 Å². The van der Waals surface area contributed by atoms with Crippen LogP contribution in [-0.2, 0) is 0 Å². The van der Waals surface area contributed by atoms with Gasteiger partial charge < -0.3 is 182 Å². The Kier molecular flexibility index (Phi) is 148. The van der Waals surface area contributed by atoms with E-state index in [0.29, 0.717) is 0 Å². The molecule has 36 nitrogen and oxygen atoms in total. The van der Waals surface area contributed by atoms with Gasteiger partial charge in [-0.1, -0.05) is 0 Å². The predicted molar refractivity (Wildman–Crippen MR) is 150 cm³/mol. The van der Waals surface area contributed by atoms with E-state index >= 15 is 0 Å². The molecule has 0 saturated carbocycles. The molecule has 0 amide bonds. The summed E-state index contributed by atoms with van der Waals surface area (Å²) in [5.74, 6) is 0. The second kappa shape index (κ2) is 82.4. The molecule has 0 aromatic carbocycles. The fourth-order valence-electron chi connectivity index (χ4n) is 0. The summed E-state index contributed by atoms with van der Waals surface area (Å²) in [5, 5.41) is 258. The molecule has 0 bridgehead atoms. The minimum atomic E-state index is -2.17. The Labute approximate surface area is 320 Å². The maximum atomic E-state index is 7.17. The average molecular weight is 782 g/mol. The van der Waals surface area contributed by atoms with Crippen molar-refractivity contribution in [3.05, 3.63) is 0 Å². The van der Waals surface area contributed by atoms with Gasteiger partial charge in [0.05, 0.1) is 0 Å². The van der Waals surface area contributed by atoms with Crippen LogP contribution in [0.2, 0.25) is 0 Å². The minimum Gasteiger partial charge on any atom is -1.00 e. The summed E-state index contributed by atoms with van der Waals surface area (Å²) < 4.78 is 0. The molecule has 0 aromatic rings. The summed E-state index contributed by atoms with van der Waals surface area (Å²) in [6.07, 6.45) is 0. The molecule has 49 heteroatoms. The minimum absolute atomic E-state index is 0. The van der Waals surface area contributed by atoms with Gasteiger partial charge in [0, 0.05) is 0 Å². The third kappa shape index (κ3) is 114000. The molecular weight excluding hydrogens is 745 g/mol. The maximum Gasteiger partial charge on any atom is 1.00 e. The van der Waals surface area contributed by atoms with Gasteiger partial charge in [0.2, 0.25) is 0 Å². The van der Waals surface area contributed by atoms with E-state index in [-0.39, 0.29) is 52.8 Å². The zero-order valence-electron chi connectivity index (χ0n) is 25.0. The Balaban J connectivity index is -0.0000000235. The Morgan fingerprint density at radius 1 is 0.122 bits per heavy atom. The summed E-state index contributed by atoms with van der Waals surface area (Å²) in [4.78, 5) is 0. The molecule has 0 saturated heterocycles. The van der Waals surface area contributed by atoms with Crippen molar-refractivity contribution in [3.63, 3.8) is 0 Å². The summed E-state index contributed by atoms with van der Waals surface area (Å²) in [7, 11) is -26.0. The first-order chi connectivity index (χ1) is 20.8. The van der Waals surface area contributed by atoms with E-state index in [1.165, 1.54) is 0 Å². The van der Waals surface area contributed by atoms with Crippen molar-refractivity contribution in [3.8, 4) is 0 Å². The molecular formula is H37B12KO36. The largest absolute Gasteiger partial charge is 1.00 e. The second-order valence-corrected chi connectivity index (χ2v) is 4.16. The Hall–Kier alpha value is 0.976. The summed E-state index contributed by atoms with van der Waals surface area (Å²) >= 11 is 0. The van der Waals surface area contributed by atoms with Crippen molar-refractivity contribution in [1.29, 1.82) is 0 Å². The van der Waals surface area contributed by atoms with Crippen LogP contribution in [0.15, 0.2) is 0 Å². The third-order valence-corrected chi connectivity index (χ3v) is 0. The van der Waals surface area contributed by atoms with Gasteiger partial charge in [0.15, 0.2) is 0 Å². The normalized spacial score (nSPS) is 6.61. The molecule has 0 spiro atoms. The molecule has 49 heavy (non-hydrogen) atoms. The predicted octanol–water partition coefficient (Wildman–Crippen LogP) is -27.5. The van der Waals surface area contributed by atoms with Crippen molar-refractivity contribution < 1.29 is 234 Å². The molecule has 0 rings (SSSR count). The zero-order valence-corrected chi connectivity index (χ0v) is 27.2. The van der Waals surface area contributed by atoms with E-state index in [1.807, 2.05) is 0 Å². The molecule has 36 N–H and O–H groups in total. The molecule has 290 valence electrons. The Morgan fingerprint density at radius 2 is 0.122 bits per heavy atom. The van der Waals surface area contributed by atoms with Crippen LogP contribution < -0.4 is 51.4 Å². The van der Waals surface area contributed by atoms with E-state index in [1.54, 1.807) is 0 Å². The smallest absolute Gasteiger partial charge is 1.00 e. The fraction of sp³-hybridized carbons (Fsp3) is 0. The van der Waals surface area contributed by atoms with Crippen LogP contribution >= 0.6 is 0 Å². The summed E-state index contributed by atoms with van der Waals surface area (Å²) in [6, 6.07) is 0. The first-order valence-corrected chi connectivity index (χ1v) is 9.30. The standard InChI is InChI=1S/12BH3O3.K.H/c12*2-1(3)4;;/h12*2-4H;;/q;;;;;;;;;;;;+1;-1. The van der Waals surface area contributed by atoms with Gasteiger partial charge >= 0.3 is 139 Å². The number of hydrogen-bond donors (Lipinski definition) is 36. The molecule has 0 aromatic heterocycles. The molecule has 0 radical (unpaired) electrons. The van der Waals surface area contributed by atoms with Crippen LogP contribution in [0.1, 0.15) is 1.43 Å². The molecule has 0 aliphatic carbocycles. The quantitative estimate of drug-likeness (QED) is 0.101. The van der Waals surface area contributed by atoms with Crippen molar-refractivity contribution in [1.82, 2.24) is 0 Å². The number of hydrogen-bond acceptors (Lipinski definition) is 36. The Bertz CT molecular complexity index is 239. The number of rotatable bonds is 0. The van der Waals surface area contributed by atoms with E-state index in [9.17, 15) is 0 Å². The monoisotopic (exact) mass is 784 g/mol. The topological polar surface area (TPSA) is 728 Å². The fourth-order valence-corrected chi connectivity index (χ4v) is 0.